The maximum Gasteiger partial charge on any atom is 0.312 e. The predicted molar refractivity (Wildman–Crippen MR) is 97.2 cm³/mol. The Morgan fingerprint density at radius 1 is 1.12 bits per heavy atom. The minimum absolute atomic E-state index is 0.0185. The molecule has 2 rings (SSSR count). The minimum Gasteiger partial charge on any atom is -0.461 e. The summed E-state index contributed by atoms with van der Waals surface area (Å²) in [7, 11) is 0. The molecular formula is C19H21ClN2O3. The van der Waals surface area contributed by atoms with Crippen LogP contribution in [0.2, 0.25) is 5.02 Å². The van der Waals surface area contributed by atoms with Gasteiger partial charge < -0.3 is 15.8 Å². The molecule has 1 unspecified atom stereocenters. The zero-order valence-corrected chi connectivity index (χ0v) is 15.0. The molecule has 132 valence electrons. The molecule has 2 aromatic rings. The van der Waals surface area contributed by atoms with E-state index in [1.54, 1.807) is 24.3 Å². The van der Waals surface area contributed by atoms with Crippen LogP contribution in [0.15, 0.2) is 42.5 Å². The summed E-state index contributed by atoms with van der Waals surface area (Å²) in [4.78, 5) is 23.4. The third-order valence-electron chi connectivity index (χ3n) is 3.64. The van der Waals surface area contributed by atoms with E-state index in [0.29, 0.717) is 5.02 Å². The van der Waals surface area contributed by atoms with E-state index in [2.05, 4.69) is 11.4 Å². The molecular weight excluding hydrogens is 340 g/mol. The zero-order valence-electron chi connectivity index (χ0n) is 14.2. The highest BCUT2D eigenvalue weighted by Gasteiger charge is 2.18. The van der Waals surface area contributed by atoms with Crippen LogP contribution in [-0.2, 0) is 16.1 Å². The van der Waals surface area contributed by atoms with Crippen LogP contribution < -0.4 is 11.1 Å². The molecule has 0 bridgehead atoms. The number of nitrogens with one attached hydrogen (secondary N) is 1. The third kappa shape index (κ3) is 6.12. The van der Waals surface area contributed by atoms with E-state index in [4.69, 9.17) is 22.1 Å². The molecule has 0 aliphatic rings. The number of urea groups is 1. The molecule has 0 aliphatic heterocycles. The van der Waals surface area contributed by atoms with Crippen molar-refractivity contribution >= 4 is 23.6 Å². The summed E-state index contributed by atoms with van der Waals surface area (Å²) in [6, 6.07) is 11.6. The summed E-state index contributed by atoms with van der Waals surface area (Å²) in [5.74, 6) is -0.423. The van der Waals surface area contributed by atoms with Crippen molar-refractivity contribution in [3.8, 4) is 0 Å². The van der Waals surface area contributed by atoms with Crippen LogP contribution in [0, 0.1) is 13.8 Å². The fourth-order valence-electron chi connectivity index (χ4n) is 2.66. The number of nitrogens with two attached hydrogens (primary N) is 1. The summed E-state index contributed by atoms with van der Waals surface area (Å²) in [6.07, 6.45) is -0.0185. The molecule has 2 aromatic carbocycles. The number of hydrogen-bond donors (Lipinski definition) is 2. The van der Waals surface area contributed by atoms with Gasteiger partial charge in [0.05, 0.1) is 12.5 Å². The quantitative estimate of drug-likeness (QED) is 0.769. The van der Waals surface area contributed by atoms with E-state index in [-0.39, 0.29) is 13.0 Å². The first-order valence-corrected chi connectivity index (χ1v) is 8.25. The number of esters is 1. The van der Waals surface area contributed by atoms with E-state index in [1.165, 1.54) is 0 Å². The molecule has 0 aromatic heterocycles. The molecule has 0 spiro atoms. The van der Waals surface area contributed by atoms with Crippen molar-refractivity contribution < 1.29 is 14.3 Å². The van der Waals surface area contributed by atoms with Crippen LogP contribution in [0.4, 0.5) is 4.79 Å². The van der Waals surface area contributed by atoms with E-state index in [0.717, 1.165) is 22.3 Å². The Morgan fingerprint density at radius 3 is 2.28 bits per heavy atom. The summed E-state index contributed by atoms with van der Waals surface area (Å²) in [5.41, 5.74) is 9.09. The second-order valence-corrected chi connectivity index (χ2v) is 6.41. The molecule has 2 amide bonds. The van der Waals surface area contributed by atoms with Crippen molar-refractivity contribution in [2.75, 3.05) is 0 Å². The number of rotatable bonds is 6. The van der Waals surface area contributed by atoms with E-state index < -0.39 is 18.0 Å². The van der Waals surface area contributed by atoms with Crippen LogP contribution in [0.3, 0.4) is 0 Å². The van der Waals surface area contributed by atoms with Crippen molar-refractivity contribution in [2.24, 2.45) is 5.73 Å². The Labute approximate surface area is 152 Å². The van der Waals surface area contributed by atoms with Crippen molar-refractivity contribution in [2.45, 2.75) is 32.9 Å². The Morgan fingerprint density at radius 2 is 1.72 bits per heavy atom. The molecule has 0 heterocycles. The Hall–Kier alpha value is -2.53. The third-order valence-corrected chi connectivity index (χ3v) is 3.89. The fourth-order valence-corrected chi connectivity index (χ4v) is 2.79. The van der Waals surface area contributed by atoms with Gasteiger partial charge in [-0.25, -0.2) is 4.79 Å². The number of hydrogen-bond acceptors (Lipinski definition) is 3. The number of amides is 2. The second kappa shape index (κ2) is 8.53. The van der Waals surface area contributed by atoms with E-state index >= 15 is 0 Å². The van der Waals surface area contributed by atoms with Gasteiger partial charge in [-0.2, -0.15) is 0 Å². The smallest absolute Gasteiger partial charge is 0.312 e. The molecule has 0 saturated carbocycles. The SMILES string of the molecule is Cc1cc(C)cc(COC(=O)CC(NC(N)=O)c2ccc(Cl)cc2)c1. The highest BCUT2D eigenvalue weighted by Crippen LogP contribution is 2.20. The Bertz CT molecular complexity index is 740. The maximum absolute atomic E-state index is 12.2. The summed E-state index contributed by atoms with van der Waals surface area (Å²) in [5, 5.41) is 3.13. The molecule has 25 heavy (non-hydrogen) atoms. The average molecular weight is 361 g/mol. The number of carbonyl (C=O) groups excluding carboxylic acids is 2. The highest BCUT2D eigenvalue weighted by molar-refractivity contribution is 6.30. The molecule has 0 radical (unpaired) electrons. The predicted octanol–water partition coefficient (Wildman–Crippen LogP) is 3.80. The fraction of sp³-hybridized carbons (Fsp3) is 0.263. The lowest BCUT2D eigenvalue weighted by molar-refractivity contribution is -0.145. The van der Waals surface area contributed by atoms with Crippen molar-refractivity contribution in [3.05, 3.63) is 69.7 Å². The largest absolute Gasteiger partial charge is 0.461 e. The lowest BCUT2D eigenvalue weighted by Gasteiger charge is -2.17. The molecule has 0 saturated heterocycles. The molecule has 5 nitrogen and oxygen atoms in total. The molecule has 1 atom stereocenters. The Kier molecular flexibility index (Phi) is 6.42. The van der Waals surface area contributed by atoms with Crippen LogP contribution in [0.25, 0.3) is 0 Å². The monoisotopic (exact) mass is 360 g/mol. The van der Waals surface area contributed by atoms with Gasteiger partial charge in [0.15, 0.2) is 0 Å². The van der Waals surface area contributed by atoms with Gasteiger partial charge >= 0.3 is 12.0 Å². The first-order chi connectivity index (χ1) is 11.8. The van der Waals surface area contributed by atoms with Gasteiger partial charge in [-0.15, -0.1) is 0 Å². The molecule has 0 aliphatic carbocycles. The van der Waals surface area contributed by atoms with Gasteiger partial charge in [0.25, 0.3) is 0 Å². The van der Waals surface area contributed by atoms with Crippen LogP contribution >= 0.6 is 11.6 Å². The molecule has 6 heteroatoms. The second-order valence-electron chi connectivity index (χ2n) is 5.97. The highest BCUT2D eigenvalue weighted by atomic mass is 35.5. The van der Waals surface area contributed by atoms with Crippen LogP contribution in [0.1, 0.15) is 34.7 Å². The first-order valence-electron chi connectivity index (χ1n) is 7.87. The summed E-state index contributed by atoms with van der Waals surface area (Å²) < 4.78 is 5.34. The van der Waals surface area contributed by atoms with Crippen LogP contribution in [0.5, 0.6) is 0 Å². The normalized spacial score (nSPS) is 11.6. The Balaban J connectivity index is 2.01. The van der Waals surface area contributed by atoms with Gasteiger partial charge in [-0.3, -0.25) is 4.79 Å². The summed E-state index contributed by atoms with van der Waals surface area (Å²) in [6.45, 7) is 4.17. The number of halogens is 1. The summed E-state index contributed by atoms with van der Waals surface area (Å²) >= 11 is 5.87. The van der Waals surface area contributed by atoms with Gasteiger partial charge in [-0.1, -0.05) is 53.1 Å². The van der Waals surface area contributed by atoms with E-state index in [1.807, 2.05) is 26.0 Å². The van der Waals surface area contributed by atoms with Crippen molar-refractivity contribution in [3.63, 3.8) is 0 Å². The average Bonchev–Trinajstić information content (AvgIpc) is 2.52. The van der Waals surface area contributed by atoms with Gasteiger partial charge in [0.1, 0.15) is 6.61 Å². The number of aryl methyl sites for hydroxylation is 2. The lowest BCUT2D eigenvalue weighted by Crippen LogP contribution is -2.34. The van der Waals surface area contributed by atoms with Crippen molar-refractivity contribution in [1.82, 2.24) is 5.32 Å². The number of primary amides is 1. The van der Waals surface area contributed by atoms with Gasteiger partial charge in [0, 0.05) is 5.02 Å². The van der Waals surface area contributed by atoms with Gasteiger partial charge in [0.2, 0.25) is 0 Å². The first kappa shape index (κ1) is 18.8. The topological polar surface area (TPSA) is 81.4 Å². The lowest BCUT2D eigenvalue weighted by atomic mass is 10.0. The van der Waals surface area contributed by atoms with E-state index in [9.17, 15) is 9.59 Å². The van der Waals surface area contributed by atoms with Gasteiger partial charge in [-0.05, 0) is 37.1 Å². The number of ether oxygens (including phenoxy) is 1. The standard InChI is InChI=1S/C19H21ClN2O3/c1-12-7-13(2)9-14(8-12)11-25-18(23)10-17(22-19(21)24)15-3-5-16(20)6-4-15/h3-9,17H,10-11H2,1-2H3,(H3,21,22,24). The number of benzene rings is 2. The number of carbonyl (C=O) groups is 2. The molecule has 3 N–H and O–H groups in total. The minimum atomic E-state index is -0.706. The zero-order chi connectivity index (χ0) is 18.4. The van der Waals surface area contributed by atoms with Crippen molar-refractivity contribution in [1.29, 1.82) is 0 Å². The molecule has 0 fully saturated rings. The van der Waals surface area contributed by atoms with Crippen LogP contribution in [-0.4, -0.2) is 12.0 Å². The maximum atomic E-state index is 12.2.